The number of carbonyl (C=O) groups excluding carboxylic acids is 3. The molecule has 15 heavy (non-hydrogen) atoms. The smallest absolute Gasteiger partial charge is 0.243 e. The summed E-state index contributed by atoms with van der Waals surface area (Å²) in [6.45, 7) is 5.15. The molecule has 0 aromatic heterocycles. The van der Waals surface area contributed by atoms with E-state index in [2.05, 4.69) is 5.32 Å². The first-order chi connectivity index (χ1) is 6.93. The van der Waals surface area contributed by atoms with E-state index in [-0.39, 0.29) is 36.6 Å². The molecule has 1 atom stereocenters. The largest absolute Gasteiger partial charge is 0.345 e. The maximum Gasteiger partial charge on any atom is 0.243 e. The molecule has 1 aliphatic heterocycles. The van der Waals surface area contributed by atoms with Crippen molar-refractivity contribution in [3.63, 3.8) is 0 Å². The van der Waals surface area contributed by atoms with Crippen molar-refractivity contribution in [2.45, 2.75) is 26.8 Å². The summed E-state index contributed by atoms with van der Waals surface area (Å²) >= 11 is 0. The average molecular weight is 212 g/mol. The Hall–Kier alpha value is -1.39. The second-order valence-electron chi connectivity index (χ2n) is 4.13. The second kappa shape index (κ2) is 4.42. The van der Waals surface area contributed by atoms with Crippen LogP contribution in [0.15, 0.2) is 0 Å². The van der Waals surface area contributed by atoms with Crippen LogP contribution in [-0.2, 0) is 14.4 Å². The van der Waals surface area contributed by atoms with E-state index in [1.54, 1.807) is 0 Å². The normalized spacial score (nSPS) is 21.9. The van der Waals surface area contributed by atoms with Crippen molar-refractivity contribution in [3.8, 4) is 0 Å². The van der Waals surface area contributed by atoms with Gasteiger partial charge < -0.3 is 10.2 Å². The Kier molecular flexibility index (Phi) is 3.44. The number of piperazine rings is 1. The summed E-state index contributed by atoms with van der Waals surface area (Å²) in [6, 6.07) is -0.518. The molecule has 0 bridgehead atoms. The minimum Gasteiger partial charge on any atom is -0.345 e. The maximum atomic E-state index is 11.6. The first kappa shape index (κ1) is 11.7. The first-order valence-corrected chi connectivity index (χ1v) is 5.00. The van der Waals surface area contributed by atoms with Crippen LogP contribution in [0.2, 0.25) is 0 Å². The van der Waals surface area contributed by atoms with Gasteiger partial charge in [-0.1, -0.05) is 13.8 Å². The molecule has 5 heteroatoms. The lowest BCUT2D eigenvalue weighted by Crippen LogP contribution is -2.61. The van der Waals surface area contributed by atoms with Crippen LogP contribution in [0.1, 0.15) is 20.8 Å². The van der Waals surface area contributed by atoms with Crippen LogP contribution in [0, 0.1) is 5.92 Å². The highest BCUT2D eigenvalue weighted by molar-refractivity contribution is 5.97. The molecular weight excluding hydrogens is 196 g/mol. The fourth-order valence-electron chi connectivity index (χ4n) is 1.75. The van der Waals surface area contributed by atoms with Crippen LogP contribution in [0.3, 0.4) is 0 Å². The predicted molar refractivity (Wildman–Crippen MR) is 54.0 cm³/mol. The van der Waals surface area contributed by atoms with E-state index in [4.69, 9.17) is 0 Å². The molecule has 0 aromatic carbocycles. The predicted octanol–water partition coefficient (Wildman–Crippen LogP) is -0.442. The number of amides is 2. The molecule has 84 valence electrons. The SMILES string of the molecule is CC(=O)CN1C(=O)CNC(=O)C1C(C)C. The zero-order valence-electron chi connectivity index (χ0n) is 9.24. The molecule has 1 aliphatic rings. The van der Waals surface area contributed by atoms with E-state index in [9.17, 15) is 14.4 Å². The molecule has 5 nitrogen and oxygen atoms in total. The number of ketones is 1. The minimum atomic E-state index is -0.518. The molecule has 0 aromatic rings. The van der Waals surface area contributed by atoms with Gasteiger partial charge >= 0.3 is 0 Å². The third-order valence-electron chi connectivity index (χ3n) is 2.36. The van der Waals surface area contributed by atoms with Crippen LogP contribution < -0.4 is 5.32 Å². The van der Waals surface area contributed by atoms with Crippen LogP contribution in [0.5, 0.6) is 0 Å². The number of rotatable bonds is 3. The van der Waals surface area contributed by atoms with E-state index in [1.165, 1.54) is 11.8 Å². The minimum absolute atomic E-state index is 0.00463. The van der Waals surface area contributed by atoms with Gasteiger partial charge in [0, 0.05) is 0 Å². The summed E-state index contributed by atoms with van der Waals surface area (Å²) in [7, 11) is 0. The summed E-state index contributed by atoms with van der Waals surface area (Å²) in [6.07, 6.45) is 0. The van der Waals surface area contributed by atoms with Crippen LogP contribution >= 0.6 is 0 Å². The summed E-state index contributed by atoms with van der Waals surface area (Å²) in [5.74, 6) is -0.466. The van der Waals surface area contributed by atoms with Crippen LogP contribution in [-0.4, -0.2) is 41.6 Å². The molecule has 2 amide bonds. The second-order valence-corrected chi connectivity index (χ2v) is 4.13. The lowest BCUT2D eigenvalue weighted by atomic mass is 9.99. The fraction of sp³-hybridized carbons (Fsp3) is 0.700. The number of nitrogens with zero attached hydrogens (tertiary/aromatic N) is 1. The maximum absolute atomic E-state index is 11.6. The van der Waals surface area contributed by atoms with Crippen molar-refractivity contribution < 1.29 is 14.4 Å². The summed E-state index contributed by atoms with van der Waals surface area (Å²) < 4.78 is 0. The molecular formula is C10H16N2O3. The lowest BCUT2D eigenvalue weighted by molar-refractivity contribution is -0.149. The van der Waals surface area contributed by atoms with Gasteiger partial charge in [-0.05, 0) is 12.8 Å². The quantitative estimate of drug-likeness (QED) is 0.689. The molecule has 1 fully saturated rings. The van der Waals surface area contributed by atoms with Crippen molar-refractivity contribution in [2.75, 3.05) is 13.1 Å². The third kappa shape index (κ3) is 2.55. The van der Waals surface area contributed by atoms with Gasteiger partial charge in [0.1, 0.15) is 11.8 Å². The van der Waals surface area contributed by atoms with E-state index in [0.29, 0.717) is 0 Å². The zero-order chi connectivity index (χ0) is 11.6. The summed E-state index contributed by atoms with van der Waals surface area (Å²) in [5.41, 5.74) is 0. The number of nitrogens with one attached hydrogen (secondary N) is 1. The van der Waals surface area contributed by atoms with Gasteiger partial charge in [0.25, 0.3) is 0 Å². The van der Waals surface area contributed by atoms with Crippen molar-refractivity contribution in [3.05, 3.63) is 0 Å². The Labute approximate surface area is 88.8 Å². The third-order valence-corrected chi connectivity index (χ3v) is 2.36. The molecule has 1 unspecified atom stereocenters. The Morgan fingerprint density at radius 3 is 2.60 bits per heavy atom. The van der Waals surface area contributed by atoms with Crippen molar-refractivity contribution in [1.82, 2.24) is 10.2 Å². The van der Waals surface area contributed by atoms with Gasteiger partial charge in [0.05, 0.1) is 13.1 Å². The van der Waals surface area contributed by atoms with Crippen LogP contribution in [0.4, 0.5) is 0 Å². The highest BCUT2D eigenvalue weighted by Gasteiger charge is 2.36. The first-order valence-electron chi connectivity index (χ1n) is 5.00. The fourth-order valence-corrected chi connectivity index (χ4v) is 1.75. The molecule has 0 spiro atoms. The van der Waals surface area contributed by atoms with Gasteiger partial charge in [-0.25, -0.2) is 0 Å². The number of hydrogen-bond donors (Lipinski definition) is 1. The topological polar surface area (TPSA) is 66.5 Å². The van der Waals surface area contributed by atoms with E-state index >= 15 is 0 Å². The van der Waals surface area contributed by atoms with E-state index < -0.39 is 6.04 Å². The van der Waals surface area contributed by atoms with Gasteiger partial charge in [0.15, 0.2) is 0 Å². The van der Waals surface area contributed by atoms with Gasteiger partial charge in [-0.15, -0.1) is 0 Å². The van der Waals surface area contributed by atoms with Gasteiger partial charge in [0.2, 0.25) is 11.8 Å². The molecule has 0 saturated carbocycles. The summed E-state index contributed by atoms with van der Waals surface area (Å²) in [5, 5.41) is 2.52. The highest BCUT2D eigenvalue weighted by Crippen LogP contribution is 2.14. The zero-order valence-corrected chi connectivity index (χ0v) is 9.24. The van der Waals surface area contributed by atoms with Crippen molar-refractivity contribution in [2.24, 2.45) is 5.92 Å². The molecule has 0 aliphatic carbocycles. The number of Topliss-reactive ketones (excluding diaryl/α,β-unsaturated/α-hetero) is 1. The van der Waals surface area contributed by atoms with Crippen molar-refractivity contribution >= 4 is 17.6 Å². The standard InChI is InChI=1S/C10H16N2O3/c1-6(2)9-10(15)11-4-8(14)12(9)5-7(3)13/h6,9H,4-5H2,1-3H3,(H,11,15). The monoisotopic (exact) mass is 212 g/mol. The highest BCUT2D eigenvalue weighted by atomic mass is 16.2. The molecule has 1 saturated heterocycles. The Morgan fingerprint density at radius 2 is 2.13 bits per heavy atom. The van der Waals surface area contributed by atoms with E-state index in [0.717, 1.165) is 0 Å². The van der Waals surface area contributed by atoms with Crippen molar-refractivity contribution in [1.29, 1.82) is 0 Å². The molecule has 1 rings (SSSR count). The number of hydrogen-bond acceptors (Lipinski definition) is 3. The Bertz CT molecular complexity index is 299. The number of carbonyl (C=O) groups is 3. The molecule has 0 radical (unpaired) electrons. The van der Waals surface area contributed by atoms with E-state index in [1.807, 2.05) is 13.8 Å². The lowest BCUT2D eigenvalue weighted by Gasteiger charge is -2.36. The molecule has 1 N–H and O–H groups in total. The Balaban J connectivity index is 2.87. The average Bonchev–Trinajstić information content (AvgIpc) is 2.10. The van der Waals surface area contributed by atoms with Gasteiger partial charge in [-0.2, -0.15) is 0 Å². The van der Waals surface area contributed by atoms with Crippen LogP contribution in [0.25, 0.3) is 0 Å². The van der Waals surface area contributed by atoms with Gasteiger partial charge in [-0.3, -0.25) is 14.4 Å². The molecule has 1 heterocycles. The Morgan fingerprint density at radius 1 is 1.53 bits per heavy atom. The summed E-state index contributed by atoms with van der Waals surface area (Å²) in [4.78, 5) is 35.5.